The number of benzene rings is 1. The Labute approximate surface area is 169 Å². The van der Waals surface area contributed by atoms with E-state index in [1.807, 2.05) is 4.90 Å². The number of hydrogen-bond donors (Lipinski definition) is 0. The van der Waals surface area contributed by atoms with E-state index in [9.17, 15) is 26.4 Å². The average molecular weight is 433 g/mol. The van der Waals surface area contributed by atoms with E-state index in [0.29, 0.717) is 24.8 Å². The topological polar surface area (TPSA) is 57.7 Å². The van der Waals surface area contributed by atoms with E-state index in [-0.39, 0.29) is 29.8 Å². The van der Waals surface area contributed by atoms with Gasteiger partial charge in [-0.1, -0.05) is 19.4 Å². The molecule has 3 rings (SSSR count). The van der Waals surface area contributed by atoms with Gasteiger partial charge in [0, 0.05) is 32.1 Å². The smallest absolute Gasteiger partial charge is 0.342 e. The zero-order valence-electron chi connectivity index (χ0n) is 16.5. The van der Waals surface area contributed by atoms with Gasteiger partial charge in [0.15, 0.2) is 0 Å². The first kappa shape index (κ1) is 22.1. The molecule has 0 radical (unpaired) electrons. The van der Waals surface area contributed by atoms with Crippen LogP contribution in [-0.4, -0.2) is 49.7 Å². The SMILES string of the molecule is CCC1CCCN(C(=O)C2CCN(S(=O)(=O)c3cccc(C(F)(F)F)c3)CC2)C1. The molecule has 1 unspecified atom stereocenters. The molecule has 0 aromatic heterocycles. The van der Waals surface area contributed by atoms with Crippen LogP contribution in [0.1, 0.15) is 44.6 Å². The molecule has 9 heteroatoms. The van der Waals surface area contributed by atoms with Crippen LogP contribution in [-0.2, 0) is 21.0 Å². The Morgan fingerprint density at radius 1 is 1.14 bits per heavy atom. The molecule has 2 aliphatic rings. The minimum atomic E-state index is -4.60. The zero-order chi connectivity index (χ0) is 21.2. The number of halogens is 3. The third-order valence-corrected chi connectivity index (χ3v) is 7.90. The second-order valence-electron chi connectivity index (χ2n) is 7.90. The van der Waals surface area contributed by atoms with Gasteiger partial charge >= 0.3 is 6.18 Å². The summed E-state index contributed by atoms with van der Waals surface area (Å²) in [6, 6.07) is 3.81. The summed E-state index contributed by atoms with van der Waals surface area (Å²) in [6.07, 6.45) is -0.650. The maximum Gasteiger partial charge on any atom is 0.416 e. The van der Waals surface area contributed by atoms with E-state index >= 15 is 0 Å². The van der Waals surface area contributed by atoms with Gasteiger partial charge in [-0.3, -0.25) is 4.79 Å². The number of likely N-dealkylation sites (tertiary alicyclic amines) is 1. The Hall–Kier alpha value is -1.61. The molecule has 2 saturated heterocycles. The number of amides is 1. The van der Waals surface area contributed by atoms with Crippen LogP contribution in [0.2, 0.25) is 0 Å². The lowest BCUT2D eigenvalue weighted by Gasteiger charge is -2.37. The number of sulfonamides is 1. The van der Waals surface area contributed by atoms with Crippen LogP contribution < -0.4 is 0 Å². The predicted molar refractivity (Wildman–Crippen MR) is 103 cm³/mol. The Morgan fingerprint density at radius 2 is 1.83 bits per heavy atom. The molecule has 5 nitrogen and oxygen atoms in total. The molecular formula is C20H27F3N2O3S. The van der Waals surface area contributed by atoms with Crippen molar-refractivity contribution in [2.45, 2.75) is 50.1 Å². The summed E-state index contributed by atoms with van der Waals surface area (Å²) in [6.45, 7) is 3.91. The maximum atomic E-state index is 12.9. The first-order chi connectivity index (χ1) is 13.6. The first-order valence-electron chi connectivity index (χ1n) is 10.1. The van der Waals surface area contributed by atoms with Gasteiger partial charge in [-0.25, -0.2) is 8.42 Å². The number of nitrogens with zero attached hydrogens (tertiary/aromatic N) is 2. The number of rotatable bonds is 4. The van der Waals surface area contributed by atoms with Crippen molar-refractivity contribution in [2.75, 3.05) is 26.2 Å². The lowest BCUT2D eigenvalue weighted by molar-refractivity contribution is -0.139. The molecule has 0 aliphatic carbocycles. The second kappa shape index (κ2) is 8.63. The normalized spacial score (nSPS) is 22.6. The van der Waals surface area contributed by atoms with Crippen molar-refractivity contribution in [2.24, 2.45) is 11.8 Å². The molecule has 1 aromatic rings. The molecule has 1 amide bonds. The van der Waals surface area contributed by atoms with E-state index in [4.69, 9.17) is 0 Å². The van der Waals surface area contributed by atoms with Gasteiger partial charge in [0.2, 0.25) is 15.9 Å². The summed E-state index contributed by atoms with van der Waals surface area (Å²) in [5.41, 5.74) is -0.987. The summed E-state index contributed by atoms with van der Waals surface area (Å²) >= 11 is 0. The van der Waals surface area contributed by atoms with Crippen LogP contribution in [0.4, 0.5) is 13.2 Å². The van der Waals surface area contributed by atoms with Crippen LogP contribution in [0.5, 0.6) is 0 Å². The van der Waals surface area contributed by atoms with E-state index < -0.39 is 21.8 Å². The van der Waals surface area contributed by atoms with Crippen LogP contribution in [0.15, 0.2) is 29.2 Å². The molecule has 0 bridgehead atoms. The third kappa shape index (κ3) is 4.94. The molecule has 29 heavy (non-hydrogen) atoms. The molecule has 162 valence electrons. The molecule has 2 fully saturated rings. The molecule has 2 aliphatic heterocycles. The highest BCUT2D eigenvalue weighted by Gasteiger charge is 2.36. The fraction of sp³-hybridized carbons (Fsp3) is 0.650. The maximum absolute atomic E-state index is 12.9. The van der Waals surface area contributed by atoms with Gasteiger partial charge < -0.3 is 4.90 Å². The minimum Gasteiger partial charge on any atom is -0.342 e. The quantitative estimate of drug-likeness (QED) is 0.728. The Morgan fingerprint density at radius 3 is 2.45 bits per heavy atom. The highest BCUT2D eigenvalue weighted by atomic mass is 32.2. The summed E-state index contributed by atoms with van der Waals surface area (Å²) < 4.78 is 65.5. The average Bonchev–Trinajstić information content (AvgIpc) is 2.73. The van der Waals surface area contributed by atoms with Gasteiger partial charge in [-0.2, -0.15) is 17.5 Å². The molecule has 1 aromatic carbocycles. The Kier molecular flexibility index (Phi) is 6.57. The van der Waals surface area contributed by atoms with Gasteiger partial charge in [-0.15, -0.1) is 0 Å². The van der Waals surface area contributed by atoms with Crippen LogP contribution in [0.25, 0.3) is 0 Å². The summed E-state index contributed by atoms with van der Waals surface area (Å²) in [5, 5.41) is 0. The first-order valence-corrected chi connectivity index (χ1v) is 11.5. The van der Waals surface area contributed by atoms with Crippen molar-refractivity contribution in [1.82, 2.24) is 9.21 Å². The van der Waals surface area contributed by atoms with Crippen LogP contribution >= 0.6 is 0 Å². The minimum absolute atomic E-state index is 0.0827. The van der Waals surface area contributed by atoms with Crippen molar-refractivity contribution in [1.29, 1.82) is 0 Å². The molecule has 0 spiro atoms. The molecule has 2 heterocycles. The predicted octanol–water partition coefficient (Wildman–Crippen LogP) is 3.75. The summed E-state index contributed by atoms with van der Waals surface area (Å²) in [7, 11) is -4.02. The Balaban J connectivity index is 1.65. The van der Waals surface area contributed by atoms with Crippen molar-refractivity contribution in [3.63, 3.8) is 0 Å². The van der Waals surface area contributed by atoms with Gasteiger partial charge in [0.05, 0.1) is 10.5 Å². The van der Waals surface area contributed by atoms with E-state index in [1.54, 1.807) is 0 Å². The fourth-order valence-corrected chi connectivity index (χ4v) is 5.70. The monoisotopic (exact) mass is 432 g/mol. The number of piperidine rings is 2. The van der Waals surface area contributed by atoms with Gasteiger partial charge in [-0.05, 0) is 49.8 Å². The third-order valence-electron chi connectivity index (χ3n) is 6.01. The molecule has 1 atom stereocenters. The number of carbonyl (C=O) groups is 1. The molecular weight excluding hydrogens is 405 g/mol. The van der Waals surface area contributed by atoms with Crippen LogP contribution in [0.3, 0.4) is 0 Å². The largest absolute Gasteiger partial charge is 0.416 e. The fourth-order valence-electron chi connectivity index (χ4n) is 4.18. The highest BCUT2D eigenvalue weighted by molar-refractivity contribution is 7.89. The highest BCUT2D eigenvalue weighted by Crippen LogP contribution is 2.32. The number of alkyl halides is 3. The summed E-state index contributed by atoms with van der Waals surface area (Å²) in [4.78, 5) is 14.4. The lowest BCUT2D eigenvalue weighted by Crippen LogP contribution is -2.47. The lowest BCUT2D eigenvalue weighted by atomic mass is 9.92. The van der Waals surface area contributed by atoms with E-state index in [1.165, 1.54) is 10.4 Å². The van der Waals surface area contributed by atoms with Gasteiger partial charge in [0.25, 0.3) is 0 Å². The van der Waals surface area contributed by atoms with E-state index in [2.05, 4.69) is 6.92 Å². The number of carbonyl (C=O) groups excluding carboxylic acids is 1. The van der Waals surface area contributed by atoms with E-state index in [0.717, 1.165) is 44.5 Å². The summed E-state index contributed by atoms with van der Waals surface area (Å²) in [5.74, 6) is 0.381. The zero-order valence-corrected chi connectivity index (χ0v) is 17.3. The van der Waals surface area contributed by atoms with Crippen LogP contribution in [0, 0.1) is 11.8 Å². The number of hydrogen-bond acceptors (Lipinski definition) is 3. The van der Waals surface area contributed by atoms with Crippen molar-refractivity contribution in [3.8, 4) is 0 Å². The molecule has 0 N–H and O–H groups in total. The van der Waals surface area contributed by atoms with Gasteiger partial charge in [0.1, 0.15) is 0 Å². The van der Waals surface area contributed by atoms with Crippen molar-refractivity contribution in [3.05, 3.63) is 29.8 Å². The molecule has 0 saturated carbocycles. The Bertz CT molecular complexity index is 834. The van der Waals surface area contributed by atoms with Crippen molar-refractivity contribution < 1.29 is 26.4 Å². The van der Waals surface area contributed by atoms with Crippen molar-refractivity contribution >= 4 is 15.9 Å². The second-order valence-corrected chi connectivity index (χ2v) is 9.84. The standard InChI is InChI=1S/C20H27F3N2O3S/c1-2-15-5-4-10-24(14-15)19(26)16-8-11-25(12-9-16)29(27,28)18-7-3-6-17(13-18)20(21,22)23/h3,6-7,13,15-16H,2,4-5,8-12,14H2,1H3.